The average molecular weight is 281 g/mol. The van der Waals surface area contributed by atoms with E-state index in [0.717, 1.165) is 31.7 Å². The highest BCUT2D eigenvalue weighted by Crippen LogP contribution is 2.35. The fourth-order valence-electron chi connectivity index (χ4n) is 4.01. The van der Waals surface area contributed by atoms with E-state index in [2.05, 4.69) is 31.2 Å². The Morgan fingerprint density at radius 3 is 2.65 bits per heavy atom. The van der Waals surface area contributed by atoms with Crippen molar-refractivity contribution < 1.29 is 4.79 Å². The van der Waals surface area contributed by atoms with Crippen molar-refractivity contribution in [2.75, 3.05) is 20.6 Å². The second-order valence-corrected chi connectivity index (χ2v) is 7.31. The van der Waals surface area contributed by atoms with Crippen molar-refractivity contribution >= 4 is 5.91 Å². The summed E-state index contributed by atoms with van der Waals surface area (Å²) in [5.74, 6) is 1.12. The van der Waals surface area contributed by atoms with Crippen LogP contribution in [0.5, 0.6) is 0 Å². The van der Waals surface area contributed by atoms with Crippen LogP contribution in [-0.4, -0.2) is 43.0 Å². The van der Waals surface area contributed by atoms with E-state index in [0.29, 0.717) is 0 Å². The van der Waals surface area contributed by atoms with Crippen molar-refractivity contribution in [1.29, 1.82) is 0 Å². The van der Waals surface area contributed by atoms with E-state index in [4.69, 9.17) is 5.73 Å². The summed E-state index contributed by atoms with van der Waals surface area (Å²) in [6, 6.07) is 0.225. The lowest BCUT2D eigenvalue weighted by Crippen LogP contribution is -2.55. The topological polar surface area (TPSA) is 58.4 Å². The van der Waals surface area contributed by atoms with Gasteiger partial charge in [-0.05, 0) is 52.1 Å². The van der Waals surface area contributed by atoms with E-state index >= 15 is 0 Å². The number of hydrogen-bond acceptors (Lipinski definition) is 3. The van der Waals surface area contributed by atoms with Gasteiger partial charge in [0.25, 0.3) is 0 Å². The fraction of sp³-hybridized carbons (Fsp3) is 0.938. The van der Waals surface area contributed by atoms with Gasteiger partial charge >= 0.3 is 0 Å². The number of carbonyl (C=O) groups is 1. The lowest BCUT2D eigenvalue weighted by Gasteiger charge is -2.45. The van der Waals surface area contributed by atoms with E-state index in [1.165, 1.54) is 25.7 Å². The van der Waals surface area contributed by atoms with Gasteiger partial charge in [-0.1, -0.05) is 19.8 Å². The summed E-state index contributed by atoms with van der Waals surface area (Å²) in [5, 5.41) is 3.22. The molecule has 2 fully saturated rings. The predicted molar refractivity (Wildman–Crippen MR) is 82.4 cm³/mol. The molecular weight excluding hydrogens is 250 g/mol. The molecule has 2 saturated carbocycles. The molecule has 0 heterocycles. The van der Waals surface area contributed by atoms with Gasteiger partial charge in [0, 0.05) is 24.0 Å². The van der Waals surface area contributed by atoms with Gasteiger partial charge in [-0.2, -0.15) is 0 Å². The molecule has 2 rings (SSSR count). The Morgan fingerprint density at radius 1 is 1.35 bits per heavy atom. The first-order valence-electron chi connectivity index (χ1n) is 8.14. The van der Waals surface area contributed by atoms with Crippen molar-refractivity contribution in [3.63, 3.8) is 0 Å². The third kappa shape index (κ3) is 3.53. The minimum Gasteiger partial charge on any atom is -0.354 e. The molecule has 4 atom stereocenters. The molecule has 2 aliphatic carbocycles. The normalized spacial score (nSPS) is 38.1. The highest BCUT2D eigenvalue weighted by atomic mass is 16.1. The minimum atomic E-state index is 0.144. The molecular formula is C16H31N3O. The molecule has 4 heteroatoms. The summed E-state index contributed by atoms with van der Waals surface area (Å²) in [5.41, 5.74) is 6.05. The Labute approximate surface area is 123 Å². The van der Waals surface area contributed by atoms with E-state index in [-0.39, 0.29) is 23.4 Å². The summed E-state index contributed by atoms with van der Waals surface area (Å²) in [7, 11) is 4.30. The van der Waals surface area contributed by atoms with Gasteiger partial charge in [0.15, 0.2) is 0 Å². The first-order valence-corrected chi connectivity index (χ1v) is 8.14. The zero-order chi connectivity index (χ0) is 14.8. The number of likely N-dealkylation sites (N-methyl/N-ethyl adjacent to an activating group) is 1. The van der Waals surface area contributed by atoms with Crippen LogP contribution >= 0.6 is 0 Å². The molecule has 1 amide bonds. The first kappa shape index (κ1) is 15.8. The molecule has 0 aromatic carbocycles. The summed E-state index contributed by atoms with van der Waals surface area (Å²) in [4.78, 5) is 14.6. The van der Waals surface area contributed by atoms with E-state index in [9.17, 15) is 4.79 Å². The van der Waals surface area contributed by atoms with Crippen molar-refractivity contribution in [3.8, 4) is 0 Å². The fourth-order valence-corrected chi connectivity index (χ4v) is 4.01. The minimum absolute atomic E-state index is 0.144. The highest BCUT2D eigenvalue weighted by molar-refractivity contribution is 5.79. The molecule has 0 saturated heterocycles. The number of hydrogen-bond donors (Lipinski definition) is 2. The Morgan fingerprint density at radius 2 is 2.10 bits per heavy atom. The molecule has 20 heavy (non-hydrogen) atoms. The maximum atomic E-state index is 12.3. The quantitative estimate of drug-likeness (QED) is 0.825. The third-order valence-corrected chi connectivity index (χ3v) is 5.45. The molecule has 0 radical (unpaired) electrons. The molecule has 4 unspecified atom stereocenters. The molecule has 2 aliphatic rings. The smallest absolute Gasteiger partial charge is 0.223 e. The summed E-state index contributed by atoms with van der Waals surface area (Å²) >= 11 is 0. The van der Waals surface area contributed by atoms with Gasteiger partial charge < -0.3 is 16.0 Å². The summed E-state index contributed by atoms with van der Waals surface area (Å²) in [6.45, 7) is 3.12. The van der Waals surface area contributed by atoms with Gasteiger partial charge in [-0.3, -0.25) is 4.79 Å². The van der Waals surface area contributed by atoms with Crippen LogP contribution in [-0.2, 0) is 4.79 Å². The zero-order valence-corrected chi connectivity index (χ0v) is 13.3. The lowest BCUT2D eigenvalue weighted by molar-refractivity contribution is -0.125. The zero-order valence-electron chi connectivity index (χ0n) is 13.3. The van der Waals surface area contributed by atoms with Crippen LogP contribution in [0.4, 0.5) is 0 Å². The van der Waals surface area contributed by atoms with E-state index in [1.54, 1.807) is 0 Å². The van der Waals surface area contributed by atoms with Crippen molar-refractivity contribution in [3.05, 3.63) is 0 Å². The number of nitrogens with one attached hydrogen (secondary N) is 1. The Bertz CT molecular complexity index is 345. The van der Waals surface area contributed by atoms with Crippen LogP contribution in [0.1, 0.15) is 51.9 Å². The van der Waals surface area contributed by atoms with Crippen LogP contribution in [0.25, 0.3) is 0 Å². The standard InChI is InChI=1S/C16H31N3O/c1-12-5-4-8-16(10-12,19(2)3)11-18-15(20)13-6-7-14(17)9-13/h12-14H,4-11,17H2,1-3H3,(H,18,20). The van der Waals surface area contributed by atoms with E-state index in [1.807, 2.05) is 0 Å². The third-order valence-electron chi connectivity index (χ3n) is 5.45. The van der Waals surface area contributed by atoms with Crippen LogP contribution in [0, 0.1) is 11.8 Å². The van der Waals surface area contributed by atoms with Gasteiger partial charge in [0.05, 0.1) is 0 Å². The summed E-state index contributed by atoms with van der Waals surface area (Å²) < 4.78 is 0. The SMILES string of the molecule is CC1CCCC(CNC(=O)C2CCC(N)C2)(N(C)C)C1. The van der Waals surface area contributed by atoms with Crippen molar-refractivity contribution in [2.24, 2.45) is 17.6 Å². The molecule has 0 aliphatic heterocycles. The van der Waals surface area contributed by atoms with Crippen LogP contribution in [0.2, 0.25) is 0 Å². The Hall–Kier alpha value is -0.610. The number of nitrogens with two attached hydrogens (primary N) is 1. The maximum absolute atomic E-state index is 12.3. The largest absolute Gasteiger partial charge is 0.354 e. The molecule has 0 aromatic heterocycles. The summed E-state index contributed by atoms with van der Waals surface area (Å²) in [6.07, 6.45) is 7.77. The number of rotatable bonds is 4. The van der Waals surface area contributed by atoms with Gasteiger partial charge in [0.1, 0.15) is 0 Å². The van der Waals surface area contributed by atoms with Crippen LogP contribution in [0.15, 0.2) is 0 Å². The van der Waals surface area contributed by atoms with E-state index < -0.39 is 0 Å². The second-order valence-electron chi connectivity index (χ2n) is 7.31. The number of carbonyl (C=O) groups excluding carboxylic acids is 1. The first-order chi connectivity index (χ1) is 9.43. The predicted octanol–water partition coefficient (Wildman–Crippen LogP) is 1.74. The lowest BCUT2D eigenvalue weighted by atomic mass is 9.75. The number of amides is 1. The molecule has 116 valence electrons. The molecule has 4 nitrogen and oxygen atoms in total. The molecule has 3 N–H and O–H groups in total. The number of nitrogens with zero attached hydrogens (tertiary/aromatic N) is 1. The Kier molecular flexibility index (Phi) is 5.08. The highest BCUT2D eigenvalue weighted by Gasteiger charge is 2.38. The van der Waals surface area contributed by atoms with Gasteiger partial charge in [-0.15, -0.1) is 0 Å². The monoisotopic (exact) mass is 281 g/mol. The van der Waals surface area contributed by atoms with Crippen LogP contribution < -0.4 is 11.1 Å². The van der Waals surface area contributed by atoms with Gasteiger partial charge in [0.2, 0.25) is 5.91 Å². The second kappa shape index (κ2) is 6.44. The Balaban J connectivity index is 1.90. The average Bonchev–Trinajstić information content (AvgIpc) is 2.82. The molecule has 0 aromatic rings. The maximum Gasteiger partial charge on any atom is 0.223 e. The van der Waals surface area contributed by atoms with Crippen LogP contribution in [0.3, 0.4) is 0 Å². The van der Waals surface area contributed by atoms with Gasteiger partial charge in [-0.25, -0.2) is 0 Å². The molecule has 0 bridgehead atoms. The molecule has 0 spiro atoms. The van der Waals surface area contributed by atoms with Crippen molar-refractivity contribution in [1.82, 2.24) is 10.2 Å². The van der Waals surface area contributed by atoms with Crippen molar-refractivity contribution in [2.45, 2.75) is 63.5 Å².